The van der Waals surface area contributed by atoms with Gasteiger partial charge in [0.15, 0.2) is 12.4 Å². The molecule has 340 valence electrons. The van der Waals surface area contributed by atoms with Crippen molar-refractivity contribution in [3.63, 3.8) is 0 Å². The Labute approximate surface area is 360 Å². The molecule has 60 heavy (non-hydrogen) atoms. The van der Waals surface area contributed by atoms with Crippen LogP contribution in [-0.2, 0) is 38.7 Å². The van der Waals surface area contributed by atoms with Gasteiger partial charge in [0.25, 0.3) is 10.1 Å². The fourth-order valence-electron chi connectivity index (χ4n) is 5.84. The number of carbonyl (C=O) groups is 2. The topological polar surface area (TPSA) is 186 Å². The van der Waals surface area contributed by atoms with Gasteiger partial charge in [-0.2, -0.15) is 8.42 Å². The zero-order valence-corrected chi connectivity index (χ0v) is 36.8. The molecule has 4 N–H and O–H groups in total. The average molecular weight is 863 g/mol. The Kier molecular flexibility index (Phi) is 33.0. The summed E-state index contributed by atoms with van der Waals surface area (Å²) in [4.78, 5) is 25.4. The van der Waals surface area contributed by atoms with Crippen LogP contribution in [0.2, 0.25) is 0 Å². The molecule has 1 heterocycles. The zero-order valence-electron chi connectivity index (χ0n) is 36.0. The van der Waals surface area contributed by atoms with Crippen LogP contribution in [0.4, 0.5) is 0 Å². The molecule has 1 saturated heterocycles. The minimum absolute atomic E-state index is 0.0758. The van der Waals surface area contributed by atoms with Crippen molar-refractivity contribution in [1.29, 1.82) is 0 Å². The molecule has 1 rings (SSSR count). The van der Waals surface area contributed by atoms with Crippen LogP contribution < -0.4 is 0 Å². The smallest absolute Gasteiger partial charge is 0.306 e. The van der Waals surface area contributed by atoms with Gasteiger partial charge in [-0.25, -0.2) is 0 Å². The van der Waals surface area contributed by atoms with Gasteiger partial charge in [0.05, 0.1) is 6.61 Å². The largest absolute Gasteiger partial charge is 0.462 e. The van der Waals surface area contributed by atoms with Crippen molar-refractivity contribution in [2.75, 3.05) is 19.0 Å². The molecular weight excluding hydrogens is 789 g/mol. The maximum absolute atomic E-state index is 12.8. The molecule has 13 heteroatoms. The summed E-state index contributed by atoms with van der Waals surface area (Å²) in [5.41, 5.74) is 0. The maximum atomic E-state index is 12.8. The van der Waals surface area contributed by atoms with Gasteiger partial charge in [0.1, 0.15) is 36.8 Å². The van der Waals surface area contributed by atoms with Crippen molar-refractivity contribution < 1.29 is 56.8 Å². The van der Waals surface area contributed by atoms with E-state index in [1.165, 1.54) is 0 Å². The van der Waals surface area contributed by atoms with E-state index >= 15 is 0 Å². The van der Waals surface area contributed by atoms with E-state index < -0.39 is 71.2 Å². The number of aliphatic hydroxyl groups is 3. The van der Waals surface area contributed by atoms with Crippen LogP contribution >= 0.6 is 0 Å². The normalized spacial score (nSPS) is 21.1. The first kappa shape index (κ1) is 54.6. The second kappa shape index (κ2) is 36.2. The molecule has 6 unspecified atom stereocenters. The quantitative estimate of drug-likeness (QED) is 0.0209. The van der Waals surface area contributed by atoms with E-state index in [-0.39, 0.29) is 19.4 Å². The van der Waals surface area contributed by atoms with Crippen LogP contribution in [0, 0.1) is 0 Å². The summed E-state index contributed by atoms with van der Waals surface area (Å²) in [5, 5.41) is 30.9. The number of carbonyl (C=O) groups excluding carboxylic acids is 2. The van der Waals surface area contributed by atoms with Crippen molar-refractivity contribution in [3.05, 3.63) is 97.2 Å². The van der Waals surface area contributed by atoms with E-state index in [0.29, 0.717) is 19.3 Å². The molecule has 6 atom stereocenters. The van der Waals surface area contributed by atoms with E-state index in [2.05, 4.69) is 98.9 Å². The highest BCUT2D eigenvalue weighted by atomic mass is 32.2. The van der Waals surface area contributed by atoms with Gasteiger partial charge in [-0.15, -0.1) is 0 Å². The fourth-order valence-corrected chi connectivity index (χ4v) is 6.53. The Morgan fingerprint density at radius 2 is 1.02 bits per heavy atom. The summed E-state index contributed by atoms with van der Waals surface area (Å²) in [7, 11) is -4.62. The Morgan fingerprint density at radius 1 is 0.567 bits per heavy atom. The van der Waals surface area contributed by atoms with E-state index in [4.69, 9.17) is 18.9 Å². The number of ether oxygens (including phenoxy) is 4. The third kappa shape index (κ3) is 30.6. The van der Waals surface area contributed by atoms with Gasteiger partial charge >= 0.3 is 11.9 Å². The van der Waals surface area contributed by atoms with Crippen molar-refractivity contribution in [3.8, 4) is 0 Å². The first-order valence-electron chi connectivity index (χ1n) is 21.8. The Bertz CT molecular complexity index is 1480. The number of unbranched alkanes of at least 4 members (excludes halogenated alkanes) is 6. The Balaban J connectivity index is 2.53. The van der Waals surface area contributed by atoms with Crippen LogP contribution in [0.25, 0.3) is 0 Å². The van der Waals surface area contributed by atoms with Crippen molar-refractivity contribution in [2.45, 2.75) is 166 Å². The summed E-state index contributed by atoms with van der Waals surface area (Å²) in [6.07, 6.45) is 38.9. The van der Waals surface area contributed by atoms with Gasteiger partial charge < -0.3 is 34.3 Å². The van der Waals surface area contributed by atoms with Crippen molar-refractivity contribution in [2.24, 2.45) is 0 Å². The van der Waals surface area contributed by atoms with Crippen molar-refractivity contribution in [1.82, 2.24) is 0 Å². The maximum Gasteiger partial charge on any atom is 0.306 e. The molecule has 0 aromatic carbocycles. The van der Waals surface area contributed by atoms with Crippen LogP contribution in [-0.4, -0.2) is 96.0 Å². The summed E-state index contributed by atoms with van der Waals surface area (Å²) >= 11 is 0. The molecule has 0 radical (unpaired) electrons. The molecule has 1 aliphatic heterocycles. The molecule has 0 aromatic heterocycles. The highest BCUT2D eigenvalue weighted by Crippen LogP contribution is 2.24. The van der Waals surface area contributed by atoms with Gasteiger partial charge in [0, 0.05) is 12.8 Å². The third-order valence-electron chi connectivity index (χ3n) is 9.16. The molecule has 0 bridgehead atoms. The van der Waals surface area contributed by atoms with E-state index in [1.807, 2.05) is 12.2 Å². The van der Waals surface area contributed by atoms with Crippen LogP contribution in [0.15, 0.2) is 97.2 Å². The van der Waals surface area contributed by atoms with Crippen LogP contribution in [0.5, 0.6) is 0 Å². The zero-order chi connectivity index (χ0) is 44.1. The minimum Gasteiger partial charge on any atom is -0.462 e. The first-order chi connectivity index (χ1) is 29.0. The van der Waals surface area contributed by atoms with Gasteiger partial charge in [-0.3, -0.25) is 14.1 Å². The molecule has 1 fully saturated rings. The second-order valence-corrected chi connectivity index (χ2v) is 16.1. The molecule has 0 spiro atoms. The van der Waals surface area contributed by atoms with Crippen LogP contribution in [0.3, 0.4) is 0 Å². The lowest BCUT2D eigenvalue weighted by molar-refractivity contribution is -0.297. The average Bonchev–Trinajstić information content (AvgIpc) is 3.21. The van der Waals surface area contributed by atoms with Gasteiger partial charge in [-0.1, -0.05) is 130 Å². The summed E-state index contributed by atoms with van der Waals surface area (Å²) < 4.78 is 53.9. The minimum atomic E-state index is -4.62. The molecule has 0 aliphatic carbocycles. The molecule has 0 amide bonds. The lowest BCUT2D eigenvalue weighted by Gasteiger charge is -2.40. The predicted octanol–water partition coefficient (Wildman–Crippen LogP) is 8.66. The number of rotatable bonds is 34. The lowest BCUT2D eigenvalue weighted by atomic mass is 10.00. The Hall–Kier alpha value is -3.43. The highest BCUT2D eigenvalue weighted by molar-refractivity contribution is 7.85. The molecule has 0 aromatic rings. The molecule has 1 aliphatic rings. The van der Waals surface area contributed by atoms with E-state index in [1.54, 1.807) is 0 Å². The summed E-state index contributed by atoms with van der Waals surface area (Å²) in [5.74, 6) is -2.10. The number of aliphatic hydroxyl groups excluding tert-OH is 3. The number of hydrogen-bond acceptors (Lipinski definition) is 11. The van der Waals surface area contributed by atoms with Crippen molar-refractivity contribution >= 4 is 22.1 Å². The monoisotopic (exact) mass is 862 g/mol. The first-order valence-corrected chi connectivity index (χ1v) is 23.4. The number of esters is 2. The Morgan fingerprint density at radius 3 is 1.53 bits per heavy atom. The SMILES string of the molecule is CC/C=C\C/C=C\C/C=C\C/C=C\C/C=C\CCCC(=O)OC(COC(=O)CCCCCCC/C=C\C/C=C\C/C=C\CC)COC1OC(CS(=O)(=O)O)C(O)C(O)C1O. The second-order valence-electron chi connectivity index (χ2n) is 14.6. The molecule has 0 saturated carbocycles. The highest BCUT2D eigenvalue weighted by Gasteiger charge is 2.46. The molecule has 12 nitrogen and oxygen atoms in total. The van der Waals surface area contributed by atoms with Crippen LogP contribution in [0.1, 0.15) is 129 Å². The number of hydrogen-bond donors (Lipinski definition) is 4. The summed E-state index contributed by atoms with van der Waals surface area (Å²) in [6, 6.07) is 0. The number of allylic oxidation sites excluding steroid dienone is 16. The lowest BCUT2D eigenvalue weighted by Crippen LogP contribution is -2.60. The van der Waals surface area contributed by atoms with Gasteiger partial charge in [-0.05, 0) is 83.5 Å². The third-order valence-corrected chi connectivity index (χ3v) is 9.91. The predicted molar refractivity (Wildman–Crippen MR) is 237 cm³/mol. The summed E-state index contributed by atoms with van der Waals surface area (Å²) in [6.45, 7) is 3.45. The van der Waals surface area contributed by atoms with E-state index in [9.17, 15) is 37.9 Å². The van der Waals surface area contributed by atoms with Gasteiger partial charge in [0.2, 0.25) is 0 Å². The fraction of sp³-hybridized carbons (Fsp3) is 0.617. The standard InChI is InChI=1S/C47H74O12S/c1-3-5-7-9-11-13-15-17-19-20-22-24-26-28-30-32-34-36-43(49)58-40(38-57-47-46(52)45(51)44(50)41(59-47)39-60(53,54)55)37-56-42(48)35-33-31-29-27-25-23-21-18-16-14-12-10-8-6-4-2/h5-8,11-14,17-19,21-22,24,28,30,40-41,44-47,50-52H,3-4,9-10,15-16,20,23,25-27,29,31-39H2,1-2H3,(H,53,54,55)/b7-5-,8-6-,13-11-,14-12-,19-17-,21-18-,24-22-,30-28-. The molecular formula is C47H74O12S. The van der Waals surface area contributed by atoms with E-state index in [0.717, 1.165) is 83.5 Å².